The molecule has 0 spiro atoms. The van der Waals surface area contributed by atoms with E-state index < -0.39 is 0 Å². The number of anilines is 2. The minimum absolute atomic E-state index is 0.224. The van der Waals surface area contributed by atoms with Gasteiger partial charge in [0.2, 0.25) is 0 Å². The minimum atomic E-state index is -0.336. The summed E-state index contributed by atoms with van der Waals surface area (Å²) in [7, 11) is 4.75. The van der Waals surface area contributed by atoms with Crippen LogP contribution in [0, 0.1) is 5.82 Å². The van der Waals surface area contributed by atoms with Crippen LogP contribution in [0.25, 0.3) is 0 Å². The molecular weight excluding hydrogens is 347 g/mol. The van der Waals surface area contributed by atoms with Gasteiger partial charge in [0, 0.05) is 48.7 Å². The van der Waals surface area contributed by atoms with Crippen molar-refractivity contribution in [3.05, 3.63) is 42.2 Å². The summed E-state index contributed by atoms with van der Waals surface area (Å²) in [5.41, 5.74) is 1.96. The van der Waals surface area contributed by atoms with Gasteiger partial charge in [-0.3, -0.25) is 0 Å². The summed E-state index contributed by atoms with van der Waals surface area (Å²) in [6, 6.07) is 11.6. The second-order valence-electron chi connectivity index (χ2n) is 6.86. The number of halogens is 1. The molecule has 0 bridgehead atoms. The van der Waals surface area contributed by atoms with E-state index in [1.54, 1.807) is 26.4 Å². The average molecular weight is 374 g/mol. The zero-order chi connectivity index (χ0) is 19.6. The van der Waals surface area contributed by atoms with Crippen molar-refractivity contribution < 1.29 is 18.6 Å². The molecule has 146 valence electrons. The highest BCUT2D eigenvalue weighted by atomic mass is 19.1. The number of hydrogen-bond acceptors (Lipinski definition) is 5. The molecule has 6 heteroatoms. The first kappa shape index (κ1) is 19.1. The maximum atomic E-state index is 14.1. The van der Waals surface area contributed by atoms with Crippen LogP contribution in [0.3, 0.4) is 0 Å². The van der Waals surface area contributed by atoms with Crippen LogP contribution in [0.4, 0.5) is 15.8 Å². The minimum Gasteiger partial charge on any atom is -0.494 e. The van der Waals surface area contributed by atoms with E-state index in [1.807, 2.05) is 24.3 Å². The third-order valence-electron chi connectivity index (χ3n) is 5.15. The van der Waals surface area contributed by atoms with Crippen molar-refractivity contribution in [3.8, 4) is 17.2 Å². The molecule has 1 aliphatic rings. The maximum Gasteiger partial charge on any atom is 0.167 e. The smallest absolute Gasteiger partial charge is 0.167 e. The molecular formula is C21H27FN2O3. The fourth-order valence-electron chi connectivity index (χ4n) is 3.68. The van der Waals surface area contributed by atoms with Crippen LogP contribution < -0.4 is 24.0 Å². The van der Waals surface area contributed by atoms with Crippen LogP contribution in [-0.4, -0.2) is 46.5 Å². The molecule has 0 unspecified atom stereocenters. The van der Waals surface area contributed by atoms with Crippen molar-refractivity contribution >= 4 is 11.4 Å². The second-order valence-corrected chi connectivity index (χ2v) is 6.86. The van der Waals surface area contributed by atoms with Crippen molar-refractivity contribution in [2.24, 2.45) is 0 Å². The molecule has 27 heavy (non-hydrogen) atoms. The number of methoxy groups -OCH3 is 3. The molecule has 1 fully saturated rings. The van der Waals surface area contributed by atoms with E-state index >= 15 is 0 Å². The lowest BCUT2D eigenvalue weighted by Crippen LogP contribution is -2.56. The summed E-state index contributed by atoms with van der Waals surface area (Å²) in [4.78, 5) is 4.59. The molecule has 2 aromatic rings. The van der Waals surface area contributed by atoms with E-state index in [9.17, 15) is 4.39 Å². The van der Waals surface area contributed by atoms with Crippen molar-refractivity contribution in [1.29, 1.82) is 0 Å². The third-order valence-corrected chi connectivity index (χ3v) is 5.15. The Kier molecular flexibility index (Phi) is 5.63. The third kappa shape index (κ3) is 3.75. The Hall–Kier alpha value is -2.63. The van der Waals surface area contributed by atoms with Crippen molar-refractivity contribution in [3.63, 3.8) is 0 Å². The Balaban J connectivity index is 1.82. The zero-order valence-electron chi connectivity index (χ0n) is 16.5. The lowest BCUT2D eigenvalue weighted by atomic mass is 10.1. The number of benzene rings is 2. The molecule has 0 N–H and O–H groups in total. The molecule has 0 aliphatic carbocycles. The quantitative estimate of drug-likeness (QED) is 0.792. The summed E-state index contributed by atoms with van der Waals surface area (Å²) in [6.07, 6.45) is 0. The van der Waals surface area contributed by atoms with E-state index in [0.29, 0.717) is 5.75 Å². The molecule has 0 saturated carbocycles. The molecule has 2 atom stereocenters. The van der Waals surface area contributed by atoms with Crippen molar-refractivity contribution in [2.45, 2.75) is 25.9 Å². The van der Waals surface area contributed by atoms with Crippen LogP contribution in [0.2, 0.25) is 0 Å². The molecule has 0 aromatic heterocycles. The summed E-state index contributed by atoms with van der Waals surface area (Å²) in [5.74, 6) is 1.37. The van der Waals surface area contributed by atoms with E-state index in [1.165, 1.54) is 7.11 Å². The van der Waals surface area contributed by atoms with Crippen LogP contribution >= 0.6 is 0 Å². The highest BCUT2D eigenvalue weighted by Crippen LogP contribution is 2.35. The first-order chi connectivity index (χ1) is 13.0. The van der Waals surface area contributed by atoms with Crippen molar-refractivity contribution in [1.82, 2.24) is 0 Å². The number of hydrogen-bond donors (Lipinski definition) is 0. The summed E-state index contributed by atoms with van der Waals surface area (Å²) >= 11 is 0. The Morgan fingerprint density at radius 2 is 1.22 bits per heavy atom. The fourth-order valence-corrected chi connectivity index (χ4v) is 3.68. The molecule has 0 radical (unpaired) electrons. The molecule has 3 rings (SSSR count). The van der Waals surface area contributed by atoms with E-state index in [-0.39, 0.29) is 23.7 Å². The topological polar surface area (TPSA) is 34.2 Å². The maximum absolute atomic E-state index is 14.1. The molecule has 5 nitrogen and oxygen atoms in total. The normalized spacial score (nSPS) is 19.8. The summed E-state index contributed by atoms with van der Waals surface area (Å²) in [6.45, 7) is 5.95. The van der Waals surface area contributed by atoms with Gasteiger partial charge < -0.3 is 24.0 Å². The fraction of sp³-hybridized carbons (Fsp3) is 0.429. The van der Waals surface area contributed by atoms with Gasteiger partial charge in [-0.2, -0.15) is 0 Å². The van der Waals surface area contributed by atoms with E-state index in [4.69, 9.17) is 14.2 Å². The highest BCUT2D eigenvalue weighted by Gasteiger charge is 2.30. The van der Waals surface area contributed by atoms with Crippen LogP contribution in [-0.2, 0) is 0 Å². The zero-order valence-corrected chi connectivity index (χ0v) is 16.5. The lowest BCUT2D eigenvalue weighted by Gasteiger charge is -2.46. The SMILES string of the molecule is COc1ccc(N2C[C@H](C)N(c3ccc(OC)c(OC)c3)C[C@@H]2C)cc1F. The van der Waals surface area contributed by atoms with Gasteiger partial charge in [-0.25, -0.2) is 4.39 Å². The Morgan fingerprint density at radius 3 is 1.70 bits per heavy atom. The van der Waals surface area contributed by atoms with Gasteiger partial charge in [0.25, 0.3) is 0 Å². The number of nitrogens with zero attached hydrogens (tertiary/aromatic N) is 2. The Labute approximate surface area is 160 Å². The van der Waals surface area contributed by atoms with Crippen LogP contribution in [0.15, 0.2) is 36.4 Å². The lowest BCUT2D eigenvalue weighted by molar-refractivity contribution is 0.354. The number of ether oxygens (including phenoxy) is 3. The number of piperazine rings is 1. The molecule has 0 amide bonds. The first-order valence-corrected chi connectivity index (χ1v) is 9.07. The highest BCUT2D eigenvalue weighted by molar-refractivity contribution is 5.59. The molecule has 1 heterocycles. The molecule has 1 saturated heterocycles. The van der Waals surface area contributed by atoms with E-state index in [2.05, 4.69) is 23.6 Å². The summed E-state index contributed by atoms with van der Waals surface area (Å²) < 4.78 is 29.9. The number of rotatable bonds is 5. The van der Waals surface area contributed by atoms with Gasteiger partial charge in [0.1, 0.15) is 0 Å². The largest absolute Gasteiger partial charge is 0.494 e. The van der Waals surface area contributed by atoms with Crippen LogP contribution in [0.1, 0.15) is 13.8 Å². The predicted molar refractivity (Wildman–Crippen MR) is 106 cm³/mol. The predicted octanol–water partition coefficient (Wildman–Crippen LogP) is 3.96. The van der Waals surface area contributed by atoms with Gasteiger partial charge in [0.05, 0.1) is 21.3 Å². The molecule has 2 aromatic carbocycles. The van der Waals surface area contributed by atoms with Gasteiger partial charge in [-0.05, 0) is 38.1 Å². The van der Waals surface area contributed by atoms with Gasteiger partial charge in [-0.15, -0.1) is 0 Å². The van der Waals surface area contributed by atoms with E-state index in [0.717, 1.165) is 30.2 Å². The summed E-state index contributed by atoms with van der Waals surface area (Å²) in [5, 5.41) is 0. The van der Waals surface area contributed by atoms with Crippen LogP contribution in [0.5, 0.6) is 17.2 Å². The Morgan fingerprint density at radius 1 is 0.741 bits per heavy atom. The van der Waals surface area contributed by atoms with Gasteiger partial charge >= 0.3 is 0 Å². The van der Waals surface area contributed by atoms with Crippen molar-refractivity contribution in [2.75, 3.05) is 44.2 Å². The monoisotopic (exact) mass is 374 g/mol. The first-order valence-electron chi connectivity index (χ1n) is 9.07. The molecule has 1 aliphatic heterocycles. The second kappa shape index (κ2) is 7.94. The standard InChI is InChI=1S/C21H27FN2O3/c1-14-13-24(17-7-9-20(26-4)21(11-17)27-5)15(2)12-23(14)16-6-8-19(25-3)18(22)10-16/h6-11,14-15H,12-13H2,1-5H3/t14-,15-/m0/s1. The Bertz CT molecular complexity index is 799. The van der Waals surface area contributed by atoms with Gasteiger partial charge in [0.15, 0.2) is 23.1 Å². The average Bonchev–Trinajstić information content (AvgIpc) is 2.68. The van der Waals surface area contributed by atoms with Gasteiger partial charge in [-0.1, -0.05) is 0 Å².